The van der Waals surface area contributed by atoms with Gasteiger partial charge in [-0.2, -0.15) is 0 Å². The zero-order valence-corrected chi connectivity index (χ0v) is 15.2. The third-order valence-electron chi connectivity index (χ3n) is 4.15. The van der Waals surface area contributed by atoms with Gasteiger partial charge in [-0.1, -0.05) is 0 Å². The fourth-order valence-corrected chi connectivity index (χ4v) is 3.31. The molecule has 142 valence electrons. The summed E-state index contributed by atoms with van der Waals surface area (Å²) in [5.74, 6) is 0.471. The Hall–Kier alpha value is -1.94. The van der Waals surface area contributed by atoms with Crippen molar-refractivity contribution in [2.24, 2.45) is 13.0 Å². The van der Waals surface area contributed by atoms with Gasteiger partial charge in [0.05, 0.1) is 5.75 Å². The van der Waals surface area contributed by atoms with Crippen molar-refractivity contribution in [2.75, 3.05) is 25.1 Å². The van der Waals surface area contributed by atoms with Crippen molar-refractivity contribution >= 4 is 22.2 Å². The van der Waals surface area contributed by atoms with Crippen molar-refractivity contribution in [3.63, 3.8) is 0 Å². The van der Waals surface area contributed by atoms with Crippen molar-refractivity contribution in [2.45, 2.75) is 25.4 Å². The first-order valence-electron chi connectivity index (χ1n) is 7.88. The van der Waals surface area contributed by atoms with Gasteiger partial charge in [0.1, 0.15) is 21.8 Å². The van der Waals surface area contributed by atoms with E-state index < -0.39 is 15.9 Å². The number of carbonyl (C=O) groups is 2. The van der Waals surface area contributed by atoms with E-state index in [1.807, 2.05) is 7.05 Å². The highest BCUT2D eigenvalue weighted by Gasteiger charge is 2.30. The van der Waals surface area contributed by atoms with Crippen LogP contribution in [0.25, 0.3) is 0 Å². The number of rotatable bonds is 5. The molecule has 0 radical (unpaired) electrons. The number of aromatic nitrogens is 2. The van der Waals surface area contributed by atoms with Gasteiger partial charge in [0.2, 0.25) is 5.91 Å². The summed E-state index contributed by atoms with van der Waals surface area (Å²) in [5, 5.41) is 17.3. The summed E-state index contributed by atoms with van der Waals surface area (Å²) in [6, 6.07) is 0. The Bertz CT molecular complexity index is 665. The fraction of sp³-hybridized carbons (Fsp3) is 0.667. The van der Waals surface area contributed by atoms with Gasteiger partial charge in [-0.25, -0.2) is 13.4 Å². The minimum atomic E-state index is -3.11. The van der Waals surface area contributed by atoms with Crippen LogP contribution in [0.5, 0.6) is 0 Å². The zero-order chi connectivity index (χ0) is 19.0. The molecule has 9 nitrogen and oxygen atoms in total. The molecule has 2 heterocycles. The minimum absolute atomic E-state index is 0.0332. The average molecular weight is 375 g/mol. The predicted molar refractivity (Wildman–Crippen MR) is 90.5 cm³/mol. The van der Waals surface area contributed by atoms with Crippen molar-refractivity contribution in [1.29, 1.82) is 0 Å². The van der Waals surface area contributed by atoms with Crippen LogP contribution >= 0.6 is 0 Å². The number of hydrogen-bond donors (Lipinski definition) is 2. The van der Waals surface area contributed by atoms with E-state index >= 15 is 0 Å². The molecule has 0 bridgehead atoms. The van der Waals surface area contributed by atoms with E-state index in [-0.39, 0.29) is 30.5 Å². The zero-order valence-electron chi connectivity index (χ0n) is 14.4. The van der Waals surface area contributed by atoms with E-state index in [1.165, 1.54) is 0 Å². The Balaban J connectivity index is 0.000000970. The van der Waals surface area contributed by atoms with E-state index in [0.717, 1.165) is 6.26 Å². The molecule has 1 atom stereocenters. The molecular weight excluding hydrogens is 350 g/mol. The number of aryl methyl sites for hydroxylation is 1. The lowest BCUT2D eigenvalue weighted by molar-refractivity contribution is -0.132. The molecule has 1 fully saturated rings. The van der Waals surface area contributed by atoms with Gasteiger partial charge in [-0.05, 0) is 18.8 Å². The van der Waals surface area contributed by atoms with E-state index in [4.69, 9.17) is 9.90 Å². The lowest BCUT2D eigenvalue weighted by atomic mass is 9.90. The molecule has 1 unspecified atom stereocenters. The molecule has 1 aliphatic heterocycles. The van der Waals surface area contributed by atoms with Crippen LogP contribution in [0.4, 0.5) is 0 Å². The summed E-state index contributed by atoms with van der Waals surface area (Å²) in [7, 11) is -1.27. The first kappa shape index (κ1) is 21.1. The van der Waals surface area contributed by atoms with Crippen LogP contribution < -0.4 is 0 Å². The number of amides is 1. The normalized spacial score (nSPS) is 16.7. The Morgan fingerprint density at radius 3 is 2.44 bits per heavy atom. The molecule has 1 aliphatic rings. The third kappa shape index (κ3) is 6.83. The van der Waals surface area contributed by atoms with Crippen molar-refractivity contribution in [1.82, 2.24) is 14.5 Å². The molecule has 0 spiro atoms. The second kappa shape index (κ2) is 9.52. The number of piperidine rings is 1. The number of likely N-dealkylation sites (tertiary alicyclic amines) is 1. The molecule has 0 saturated carbocycles. The maximum Gasteiger partial charge on any atom is 0.290 e. The fourth-order valence-electron chi connectivity index (χ4n) is 2.77. The number of nitrogens with zero attached hydrogens (tertiary/aromatic N) is 3. The van der Waals surface area contributed by atoms with Crippen LogP contribution in [-0.4, -0.2) is 70.6 Å². The molecule has 2 N–H and O–H groups in total. The molecule has 1 saturated heterocycles. The molecule has 0 aliphatic carbocycles. The number of sulfone groups is 1. The van der Waals surface area contributed by atoms with Gasteiger partial charge in [0.25, 0.3) is 6.47 Å². The standard InChI is InChI=1S/C14H23N3O4S.CH2O2/c1-16-9-6-15-14(16)13(19)11-3-7-17(8-4-11)12(18)5-10-22(2,20)21;2-1-3/h6,9,11,13,19H,3-5,7-8,10H2,1-2H3;1H,(H,2,3). The second-order valence-electron chi connectivity index (χ2n) is 6.04. The SMILES string of the molecule is Cn1ccnc1C(O)C1CCN(C(=O)CCS(C)(=O)=O)CC1.O=CO. The van der Waals surface area contributed by atoms with Gasteiger partial charge >= 0.3 is 0 Å². The number of aliphatic hydroxyl groups excluding tert-OH is 1. The summed E-state index contributed by atoms with van der Waals surface area (Å²) in [5.41, 5.74) is 0. The number of carboxylic acid groups (broad SMARTS) is 1. The predicted octanol–water partition coefficient (Wildman–Crippen LogP) is -0.172. The van der Waals surface area contributed by atoms with E-state index in [9.17, 15) is 18.3 Å². The highest BCUT2D eigenvalue weighted by molar-refractivity contribution is 7.90. The summed E-state index contributed by atoms with van der Waals surface area (Å²) < 4.78 is 24.0. The highest BCUT2D eigenvalue weighted by Crippen LogP contribution is 2.29. The summed E-state index contributed by atoms with van der Waals surface area (Å²) in [6.45, 7) is 0.851. The van der Waals surface area contributed by atoms with Crippen LogP contribution in [0.2, 0.25) is 0 Å². The van der Waals surface area contributed by atoms with Gasteiger partial charge < -0.3 is 19.7 Å². The maximum atomic E-state index is 12.0. The van der Waals surface area contributed by atoms with E-state index in [0.29, 0.717) is 31.8 Å². The second-order valence-corrected chi connectivity index (χ2v) is 8.30. The van der Waals surface area contributed by atoms with Crippen LogP contribution in [0, 0.1) is 5.92 Å². The lowest BCUT2D eigenvalue weighted by Gasteiger charge is -2.34. The maximum absolute atomic E-state index is 12.0. The first-order chi connectivity index (χ1) is 11.7. The third-order valence-corrected chi connectivity index (χ3v) is 5.09. The summed E-state index contributed by atoms with van der Waals surface area (Å²) >= 11 is 0. The van der Waals surface area contributed by atoms with Gasteiger partial charge in [-0.3, -0.25) is 9.59 Å². The smallest absolute Gasteiger partial charge is 0.290 e. The van der Waals surface area contributed by atoms with Crippen LogP contribution in [0.15, 0.2) is 12.4 Å². The Kier molecular flexibility index (Phi) is 8.04. The monoisotopic (exact) mass is 375 g/mol. The van der Waals surface area contributed by atoms with Crippen LogP contribution in [0.1, 0.15) is 31.2 Å². The van der Waals surface area contributed by atoms with E-state index in [2.05, 4.69) is 4.98 Å². The molecule has 1 amide bonds. The number of aliphatic hydroxyl groups is 1. The largest absolute Gasteiger partial charge is 0.483 e. The summed E-state index contributed by atoms with van der Waals surface area (Å²) in [4.78, 5) is 26.2. The number of imidazole rings is 1. The topological polar surface area (TPSA) is 130 Å². The Morgan fingerprint density at radius 1 is 1.44 bits per heavy atom. The summed E-state index contributed by atoms with van der Waals surface area (Å²) in [6.07, 6.45) is 5.37. The number of hydrogen-bond acceptors (Lipinski definition) is 6. The minimum Gasteiger partial charge on any atom is -0.483 e. The average Bonchev–Trinajstić information content (AvgIpc) is 2.98. The van der Waals surface area contributed by atoms with Crippen molar-refractivity contribution in [3.8, 4) is 0 Å². The van der Waals surface area contributed by atoms with Crippen molar-refractivity contribution < 1.29 is 28.2 Å². The Labute approximate surface area is 147 Å². The molecule has 1 aromatic rings. The molecular formula is C15H25N3O6S. The van der Waals surface area contributed by atoms with Crippen LogP contribution in [-0.2, 0) is 26.5 Å². The highest BCUT2D eigenvalue weighted by atomic mass is 32.2. The lowest BCUT2D eigenvalue weighted by Crippen LogP contribution is -2.40. The first-order valence-corrected chi connectivity index (χ1v) is 9.94. The molecule has 0 aromatic carbocycles. The van der Waals surface area contributed by atoms with Crippen LogP contribution in [0.3, 0.4) is 0 Å². The Morgan fingerprint density at radius 2 is 2.00 bits per heavy atom. The van der Waals surface area contributed by atoms with Gasteiger partial charge in [-0.15, -0.1) is 0 Å². The molecule has 2 rings (SSSR count). The van der Waals surface area contributed by atoms with E-state index in [1.54, 1.807) is 21.9 Å². The van der Waals surface area contributed by atoms with Gasteiger partial charge in [0, 0.05) is 45.2 Å². The quantitative estimate of drug-likeness (QED) is 0.683. The van der Waals surface area contributed by atoms with Crippen molar-refractivity contribution in [3.05, 3.63) is 18.2 Å². The van der Waals surface area contributed by atoms with Gasteiger partial charge in [0.15, 0.2) is 0 Å². The molecule has 10 heteroatoms. The molecule has 25 heavy (non-hydrogen) atoms. The molecule has 1 aromatic heterocycles. The number of carbonyl (C=O) groups excluding carboxylic acids is 1.